The quantitative estimate of drug-likeness (QED) is 0.647. The third-order valence-electron chi connectivity index (χ3n) is 3.34. The molecule has 1 aromatic carbocycles. The number of nitrogens with one attached hydrogen (secondary N) is 2. The van der Waals surface area contributed by atoms with Gasteiger partial charge in [-0.1, -0.05) is 25.1 Å². The molecular weight excluding hydrogens is 271 g/mol. The molecule has 1 atom stereocenters. The lowest BCUT2D eigenvalue weighted by molar-refractivity contribution is -0.124. The lowest BCUT2D eigenvalue weighted by atomic mass is 10.00. The monoisotopic (exact) mass is 296 g/mol. The van der Waals surface area contributed by atoms with E-state index in [1.54, 1.807) is 19.2 Å². The Hall–Kier alpha value is -1.46. The minimum Gasteiger partial charge on any atom is -0.383 e. The molecule has 1 unspecified atom stereocenters. The number of carbonyl (C=O) groups is 1. The molecule has 118 valence electrons. The van der Waals surface area contributed by atoms with Crippen molar-refractivity contribution in [1.82, 2.24) is 10.6 Å². The molecule has 21 heavy (non-hydrogen) atoms. The summed E-state index contributed by atoms with van der Waals surface area (Å²) in [6.07, 6.45) is 1.22. The van der Waals surface area contributed by atoms with Crippen molar-refractivity contribution in [2.75, 3.05) is 33.4 Å². The van der Waals surface area contributed by atoms with E-state index in [4.69, 9.17) is 4.74 Å². The highest BCUT2D eigenvalue weighted by Crippen LogP contribution is 2.12. The van der Waals surface area contributed by atoms with Crippen LogP contribution in [0.25, 0.3) is 0 Å². The first kappa shape index (κ1) is 17.6. The van der Waals surface area contributed by atoms with Gasteiger partial charge < -0.3 is 15.4 Å². The highest BCUT2D eigenvalue weighted by molar-refractivity contribution is 5.78. The molecule has 2 N–H and O–H groups in total. The highest BCUT2D eigenvalue weighted by atomic mass is 19.1. The van der Waals surface area contributed by atoms with Gasteiger partial charge in [0.15, 0.2) is 0 Å². The van der Waals surface area contributed by atoms with Crippen molar-refractivity contribution in [3.05, 3.63) is 35.6 Å². The number of hydrogen-bond acceptors (Lipinski definition) is 3. The SMILES string of the molecule is COCCNCCNC(=O)C(C)CCc1ccccc1F. The van der Waals surface area contributed by atoms with Crippen LogP contribution in [0.2, 0.25) is 0 Å². The summed E-state index contributed by atoms with van der Waals surface area (Å²) in [6, 6.07) is 6.70. The van der Waals surface area contributed by atoms with Crippen molar-refractivity contribution in [2.24, 2.45) is 5.92 Å². The second-order valence-electron chi connectivity index (χ2n) is 5.06. The van der Waals surface area contributed by atoms with E-state index < -0.39 is 0 Å². The van der Waals surface area contributed by atoms with Gasteiger partial charge in [-0.2, -0.15) is 0 Å². The average molecular weight is 296 g/mol. The maximum Gasteiger partial charge on any atom is 0.222 e. The van der Waals surface area contributed by atoms with E-state index in [-0.39, 0.29) is 17.6 Å². The van der Waals surface area contributed by atoms with E-state index in [1.165, 1.54) is 6.07 Å². The third kappa shape index (κ3) is 7.20. The van der Waals surface area contributed by atoms with Crippen LogP contribution < -0.4 is 10.6 Å². The number of rotatable bonds is 10. The van der Waals surface area contributed by atoms with Gasteiger partial charge in [-0.15, -0.1) is 0 Å². The molecule has 0 aromatic heterocycles. The van der Waals surface area contributed by atoms with Crippen LogP contribution in [0.1, 0.15) is 18.9 Å². The summed E-state index contributed by atoms with van der Waals surface area (Å²) < 4.78 is 18.4. The fraction of sp³-hybridized carbons (Fsp3) is 0.562. The Morgan fingerprint density at radius 3 is 2.76 bits per heavy atom. The van der Waals surface area contributed by atoms with Crippen LogP contribution >= 0.6 is 0 Å². The number of aryl methyl sites for hydroxylation is 1. The third-order valence-corrected chi connectivity index (χ3v) is 3.34. The fourth-order valence-electron chi connectivity index (χ4n) is 1.95. The minimum atomic E-state index is -0.201. The Labute approximate surface area is 126 Å². The van der Waals surface area contributed by atoms with Gasteiger partial charge >= 0.3 is 0 Å². The predicted molar refractivity (Wildman–Crippen MR) is 81.6 cm³/mol. The first-order chi connectivity index (χ1) is 10.1. The van der Waals surface area contributed by atoms with Gasteiger partial charge in [0, 0.05) is 32.7 Å². The van der Waals surface area contributed by atoms with E-state index in [0.29, 0.717) is 31.6 Å². The van der Waals surface area contributed by atoms with Crippen LogP contribution in [0, 0.1) is 11.7 Å². The zero-order chi connectivity index (χ0) is 15.5. The summed E-state index contributed by atoms with van der Waals surface area (Å²) in [5.74, 6) is -0.309. The van der Waals surface area contributed by atoms with Crippen molar-refractivity contribution in [3.8, 4) is 0 Å². The van der Waals surface area contributed by atoms with E-state index in [1.807, 2.05) is 13.0 Å². The van der Waals surface area contributed by atoms with E-state index >= 15 is 0 Å². The molecule has 0 heterocycles. The Morgan fingerprint density at radius 2 is 2.05 bits per heavy atom. The Bertz CT molecular complexity index is 426. The lowest BCUT2D eigenvalue weighted by Gasteiger charge is -2.12. The fourth-order valence-corrected chi connectivity index (χ4v) is 1.95. The maximum atomic E-state index is 13.5. The Morgan fingerprint density at radius 1 is 1.29 bits per heavy atom. The number of hydrogen-bond donors (Lipinski definition) is 2. The van der Waals surface area contributed by atoms with Crippen molar-refractivity contribution in [3.63, 3.8) is 0 Å². The number of halogens is 1. The van der Waals surface area contributed by atoms with Crippen molar-refractivity contribution < 1.29 is 13.9 Å². The Kier molecular flexibility index (Phi) is 8.62. The zero-order valence-corrected chi connectivity index (χ0v) is 12.8. The summed E-state index contributed by atoms with van der Waals surface area (Å²) in [6.45, 7) is 4.61. The molecule has 0 radical (unpaired) electrons. The molecule has 0 bridgehead atoms. The van der Waals surface area contributed by atoms with Crippen LogP contribution in [0.3, 0.4) is 0 Å². The molecule has 1 amide bonds. The number of benzene rings is 1. The standard InChI is InChI=1S/C16H25FN2O2/c1-13(7-8-14-5-3-4-6-15(14)17)16(20)19-10-9-18-11-12-21-2/h3-6,13,18H,7-12H2,1-2H3,(H,19,20). The van der Waals surface area contributed by atoms with Crippen molar-refractivity contribution in [1.29, 1.82) is 0 Å². The summed E-state index contributed by atoms with van der Waals surface area (Å²) in [7, 11) is 1.65. The van der Waals surface area contributed by atoms with E-state index in [0.717, 1.165) is 13.1 Å². The molecule has 0 aliphatic rings. The zero-order valence-electron chi connectivity index (χ0n) is 12.8. The van der Waals surface area contributed by atoms with Gasteiger partial charge in [-0.3, -0.25) is 4.79 Å². The van der Waals surface area contributed by atoms with Crippen molar-refractivity contribution >= 4 is 5.91 Å². The predicted octanol–water partition coefficient (Wildman–Crippen LogP) is 1.75. The summed E-state index contributed by atoms with van der Waals surface area (Å²) in [5.41, 5.74) is 0.665. The molecule has 0 fully saturated rings. The topological polar surface area (TPSA) is 50.4 Å². The Balaban J connectivity index is 2.18. The van der Waals surface area contributed by atoms with Crippen LogP contribution in [0.15, 0.2) is 24.3 Å². The largest absolute Gasteiger partial charge is 0.383 e. The second kappa shape index (κ2) is 10.3. The van der Waals surface area contributed by atoms with Gasteiger partial charge in [0.1, 0.15) is 5.82 Å². The molecule has 1 rings (SSSR count). The van der Waals surface area contributed by atoms with Gasteiger partial charge in [0.2, 0.25) is 5.91 Å². The molecular formula is C16H25FN2O2. The molecule has 5 heteroatoms. The van der Waals surface area contributed by atoms with Gasteiger partial charge in [-0.05, 0) is 24.5 Å². The molecule has 0 saturated carbocycles. The lowest BCUT2D eigenvalue weighted by Crippen LogP contribution is -2.36. The first-order valence-corrected chi connectivity index (χ1v) is 7.36. The first-order valence-electron chi connectivity index (χ1n) is 7.36. The summed E-state index contributed by atoms with van der Waals surface area (Å²) >= 11 is 0. The molecule has 0 spiro atoms. The smallest absolute Gasteiger partial charge is 0.222 e. The second-order valence-corrected chi connectivity index (χ2v) is 5.06. The highest BCUT2D eigenvalue weighted by Gasteiger charge is 2.13. The number of methoxy groups -OCH3 is 1. The summed E-state index contributed by atoms with van der Waals surface area (Å²) in [5, 5.41) is 6.03. The molecule has 0 aliphatic heterocycles. The summed E-state index contributed by atoms with van der Waals surface area (Å²) in [4.78, 5) is 11.9. The van der Waals surface area contributed by atoms with Gasteiger partial charge in [-0.25, -0.2) is 4.39 Å². The van der Waals surface area contributed by atoms with Crippen LogP contribution in [0.5, 0.6) is 0 Å². The molecule has 0 saturated heterocycles. The minimum absolute atomic E-state index is 0.0138. The average Bonchev–Trinajstić information content (AvgIpc) is 2.49. The molecule has 0 aliphatic carbocycles. The molecule has 4 nitrogen and oxygen atoms in total. The normalized spacial score (nSPS) is 12.1. The number of amides is 1. The number of ether oxygens (including phenoxy) is 1. The van der Waals surface area contributed by atoms with Gasteiger partial charge in [0.05, 0.1) is 6.61 Å². The van der Waals surface area contributed by atoms with Crippen LogP contribution in [0.4, 0.5) is 4.39 Å². The van der Waals surface area contributed by atoms with E-state index in [9.17, 15) is 9.18 Å². The van der Waals surface area contributed by atoms with Crippen molar-refractivity contribution in [2.45, 2.75) is 19.8 Å². The number of carbonyl (C=O) groups excluding carboxylic acids is 1. The van der Waals surface area contributed by atoms with E-state index in [2.05, 4.69) is 10.6 Å². The molecule has 1 aromatic rings. The van der Waals surface area contributed by atoms with Gasteiger partial charge in [0.25, 0.3) is 0 Å². The van der Waals surface area contributed by atoms with Crippen LogP contribution in [-0.2, 0) is 16.0 Å². The van der Waals surface area contributed by atoms with Crippen LogP contribution in [-0.4, -0.2) is 39.3 Å². The maximum absolute atomic E-state index is 13.5.